The van der Waals surface area contributed by atoms with Gasteiger partial charge in [-0.15, -0.1) is 0 Å². The van der Waals surface area contributed by atoms with E-state index in [-0.39, 0.29) is 0 Å². The average molecular weight is 167 g/mol. The van der Waals surface area contributed by atoms with Gasteiger partial charge in [0.1, 0.15) is 8.52 Å². The third kappa shape index (κ3) is 1.81. The molecule has 1 aliphatic rings. The Labute approximate surface area is 51.8 Å². The molecule has 1 unspecified atom stereocenters. The first-order valence-electron chi connectivity index (χ1n) is 1.84. The number of hydrogen-bond donors (Lipinski definition) is 1. The molecule has 0 saturated heterocycles. The molecule has 4 nitrogen and oxygen atoms in total. The van der Waals surface area contributed by atoms with Crippen molar-refractivity contribution < 1.29 is 4.52 Å². The van der Waals surface area contributed by atoms with E-state index >= 15 is 0 Å². The monoisotopic (exact) mass is 167 g/mol. The Morgan fingerprint density at radius 1 is 1.75 bits per heavy atom. The second-order valence-electron chi connectivity index (χ2n) is 0.924. The molecule has 0 aromatic rings. The molecule has 1 atom stereocenters. The second kappa shape index (κ2) is 3.55. The van der Waals surface area contributed by atoms with Gasteiger partial charge < -0.3 is 4.52 Å². The van der Waals surface area contributed by atoms with Crippen molar-refractivity contribution >= 4 is 25.5 Å². The van der Waals surface area contributed by atoms with Crippen molar-refractivity contribution in [1.82, 2.24) is 4.86 Å². The average Bonchev–Trinajstić information content (AvgIpc) is 1.90. The SMILES string of the molecule is COP1N=PN=PN1. The summed E-state index contributed by atoms with van der Waals surface area (Å²) in [5, 5.41) is 0. The van der Waals surface area contributed by atoms with Crippen LogP contribution >= 0.6 is 25.5 Å². The fraction of sp³-hybridized carbons (Fsp3) is 1.00. The summed E-state index contributed by atoms with van der Waals surface area (Å²) in [5.74, 6) is 0. The Morgan fingerprint density at radius 2 is 2.62 bits per heavy atom. The fourth-order valence-corrected chi connectivity index (χ4v) is 3.11. The highest BCUT2D eigenvalue weighted by Crippen LogP contribution is 2.42. The third-order valence-electron chi connectivity index (χ3n) is 0.509. The Hall–Kier alpha value is 0.550. The minimum absolute atomic E-state index is 0.713. The summed E-state index contributed by atoms with van der Waals surface area (Å²) in [6.45, 7) is 0. The topological polar surface area (TPSA) is 46.0 Å². The van der Waals surface area contributed by atoms with Crippen molar-refractivity contribution in [2.45, 2.75) is 0 Å². The molecule has 0 radical (unpaired) electrons. The van der Waals surface area contributed by atoms with Crippen LogP contribution in [-0.4, -0.2) is 7.11 Å². The molecule has 0 fully saturated rings. The van der Waals surface area contributed by atoms with Crippen molar-refractivity contribution in [3.05, 3.63) is 0 Å². The summed E-state index contributed by atoms with van der Waals surface area (Å²) >= 11 is 0. The summed E-state index contributed by atoms with van der Waals surface area (Å²) < 4.78 is 12.8. The zero-order chi connectivity index (χ0) is 5.82. The van der Waals surface area contributed by atoms with E-state index in [1.165, 1.54) is 0 Å². The quantitative estimate of drug-likeness (QED) is 0.609. The number of hydrogen-bond acceptors (Lipinski definition) is 4. The van der Waals surface area contributed by atoms with Crippen LogP contribution in [0, 0.1) is 0 Å². The highest BCUT2D eigenvalue weighted by Gasteiger charge is 2.03. The molecular weight excluding hydrogens is 163 g/mol. The molecule has 0 aliphatic carbocycles. The molecule has 44 valence electrons. The molecule has 0 spiro atoms. The summed E-state index contributed by atoms with van der Waals surface area (Å²) in [7, 11) is 2.59. The van der Waals surface area contributed by atoms with Gasteiger partial charge in [-0.2, -0.15) is 13.9 Å². The van der Waals surface area contributed by atoms with E-state index in [1.54, 1.807) is 7.11 Å². The lowest BCUT2D eigenvalue weighted by molar-refractivity contribution is 0.460. The van der Waals surface area contributed by atoms with E-state index < -0.39 is 8.45 Å². The van der Waals surface area contributed by atoms with E-state index in [9.17, 15) is 0 Å². The van der Waals surface area contributed by atoms with Crippen LogP contribution in [0.3, 0.4) is 0 Å². The molecule has 8 heavy (non-hydrogen) atoms. The van der Waals surface area contributed by atoms with Crippen LogP contribution in [0.5, 0.6) is 0 Å². The van der Waals surface area contributed by atoms with Crippen LogP contribution in [0.25, 0.3) is 0 Å². The zero-order valence-corrected chi connectivity index (χ0v) is 6.83. The minimum atomic E-state index is -0.713. The Bertz CT molecular complexity index is 124. The van der Waals surface area contributed by atoms with Crippen molar-refractivity contribution in [2.24, 2.45) is 9.03 Å². The summed E-state index contributed by atoms with van der Waals surface area (Å²) in [4.78, 5) is 2.94. The van der Waals surface area contributed by atoms with Crippen molar-refractivity contribution in [3.8, 4) is 0 Å². The second-order valence-corrected chi connectivity index (χ2v) is 4.44. The van der Waals surface area contributed by atoms with Gasteiger partial charge in [0.2, 0.25) is 8.45 Å². The van der Waals surface area contributed by atoms with Crippen LogP contribution in [0.4, 0.5) is 0 Å². The molecule has 0 saturated carbocycles. The largest absolute Gasteiger partial charge is 0.329 e. The van der Waals surface area contributed by atoms with E-state index in [1.807, 2.05) is 0 Å². The van der Waals surface area contributed by atoms with Crippen molar-refractivity contribution in [2.75, 3.05) is 7.11 Å². The van der Waals surface area contributed by atoms with Gasteiger partial charge in [-0.1, -0.05) is 0 Å². The third-order valence-corrected chi connectivity index (χ3v) is 3.54. The maximum absolute atomic E-state index is 4.90. The minimum Gasteiger partial charge on any atom is -0.329 e. The van der Waals surface area contributed by atoms with Crippen LogP contribution in [-0.2, 0) is 4.52 Å². The molecule has 7 heteroatoms. The van der Waals surface area contributed by atoms with Crippen LogP contribution in [0.1, 0.15) is 0 Å². The van der Waals surface area contributed by atoms with Gasteiger partial charge in [0.25, 0.3) is 0 Å². The molecule has 0 aromatic carbocycles. The maximum atomic E-state index is 4.90. The first-order valence-corrected chi connectivity index (χ1v) is 4.70. The van der Waals surface area contributed by atoms with E-state index in [0.717, 1.165) is 17.0 Å². The normalized spacial score (nSPS) is 30.4. The first kappa shape index (κ1) is 6.67. The maximum Gasteiger partial charge on any atom is 0.249 e. The van der Waals surface area contributed by atoms with E-state index in [4.69, 9.17) is 4.52 Å². The van der Waals surface area contributed by atoms with Crippen molar-refractivity contribution in [3.63, 3.8) is 0 Å². The molecule has 1 heterocycles. The predicted molar refractivity (Wildman–Crippen MR) is 35.8 cm³/mol. The number of nitrogens with one attached hydrogen (secondary N) is 1. The number of rotatable bonds is 1. The summed E-state index contributed by atoms with van der Waals surface area (Å²) in [5.41, 5.74) is 0. The lowest BCUT2D eigenvalue weighted by Crippen LogP contribution is -1.88. The Balaban J connectivity index is 2.40. The standard InChI is InChI=1S/CH4N3OP3/c1-5-8-3-6-2-7-4-8/h1H3,(H,2,3,4). The highest BCUT2D eigenvalue weighted by atomic mass is 31.2. The van der Waals surface area contributed by atoms with Gasteiger partial charge in [0.15, 0.2) is 8.52 Å². The fourth-order valence-electron chi connectivity index (χ4n) is 0.230. The first-order chi connectivity index (χ1) is 3.93. The summed E-state index contributed by atoms with van der Waals surface area (Å²) in [6, 6.07) is 0. The van der Waals surface area contributed by atoms with Gasteiger partial charge in [-0.25, -0.2) is 0 Å². The molecule has 1 N–H and O–H groups in total. The highest BCUT2D eigenvalue weighted by molar-refractivity contribution is 7.63. The Kier molecular flexibility index (Phi) is 2.96. The van der Waals surface area contributed by atoms with Gasteiger partial charge in [-0.05, 0) is 0 Å². The van der Waals surface area contributed by atoms with Gasteiger partial charge in [0, 0.05) is 7.11 Å². The van der Waals surface area contributed by atoms with Crippen molar-refractivity contribution in [1.29, 1.82) is 0 Å². The molecule has 1 aliphatic heterocycles. The molecule has 0 aromatic heterocycles. The number of nitrogens with zero attached hydrogens (tertiary/aromatic N) is 2. The van der Waals surface area contributed by atoms with Gasteiger partial charge in [-0.3, -0.25) is 0 Å². The zero-order valence-electron chi connectivity index (χ0n) is 4.14. The lowest BCUT2D eigenvalue weighted by atomic mass is 11.8. The molecule has 0 amide bonds. The Morgan fingerprint density at radius 3 is 3.00 bits per heavy atom. The van der Waals surface area contributed by atoms with Crippen LogP contribution in [0.15, 0.2) is 9.03 Å². The lowest BCUT2D eigenvalue weighted by Gasteiger charge is -2.05. The molecule has 0 bridgehead atoms. The van der Waals surface area contributed by atoms with Crippen LogP contribution in [0.2, 0.25) is 0 Å². The molecular formula is CH4N3OP3. The summed E-state index contributed by atoms with van der Waals surface area (Å²) in [6.07, 6.45) is 0. The predicted octanol–water partition coefficient (Wildman–Crippen LogP) is 2.55. The van der Waals surface area contributed by atoms with Gasteiger partial charge in [0.05, 0.1) is 0 Å². The van der Waals surface area contributed by atoms with Gasteiger partial charge >= 0.3 is 0 Å². The van der Waals surface area contributed by atoms with E-state index in [2.05, 4.69) is 13.9 Å². The van der Waals surface area contributed by atoms with E-state index in [0.29, 0.717) is 0 Å². The molecule has 1 rings (SSSR count). The van der Waals surface area contributed by atoms with Crippen LogP contribution < -0.4 is 4.86 Å². The smallest absolute Gasteiger partial charge is 0.249 e.